The zero-order valence-electron chi connectivity index (χ0n) is 32.4. The molecule has 3 amide bonds. The number of rotatable bonds is 5. The maximum absolute atomic E-state index is 14.2. The number of likely N-dealkylation sites (N-methyl/N-ethyl adjacent to an activating group) is 1. The van der Waals surface area contributed by atoms with Crippen molar-refractivity contribution in [1.82, 2.24) is 29.7 Å². The molecule has 288 valence electrons. The lowest BCUT2D eigenvalue weighted by atomic mass is 10.1. The molecule has 0 saturated carbocycles. The van der Waals surface area contributed by atoms with E-state index in [-0.39, 0.29) is 37.7 Å². The molecule has 0 aliphatic carbocycles. The van der Waals surface area contributed by atoms with Gasteiger partial charge in [0.25, 0.3) is 5.91 Å². The van der Waals surface area contributed by atoms with Crippen LogP contribution in [0.2, 0.25) is 0 Å². The van der Waals surface area contributed by atoms with Crippen LogP contribution in [0.3, 0.4) is 0 Å². The molecule has 2 aromatic carbocycles. The van der Waals surface area contributed by atoms with Crippen LogP contribution in [0, 0.1) is 6.92 Å². The Morgan fingerprint density at radius 1 is 1.00 bits per heavy atom. The SMILES string of the molecule is CC[C@H]1c2cc3nc(N4CC[C@H](NC(=O)OC(C)(C)C)C4)cc(n3n2)N(C)CCN(C(=O)OCc2ccccc2)CCOc2ccc(C)cc2C(=O)N1C. The first-order chi connectivity index (χ1) is 25.8. The molecular formula is C40H52N8O6. The molecule has 2 aromatic heterocycles. The largest absolute Gasteiger partial charge is 0.491 e. The van der Waals surface area contributed by atoms with Gasteiger partial charge in [-0.3, -0.25) is 4.79 Å². The average Bonchev–Trinajstić information content (AvgIpc) is 3.78. The predicted octanol–water partition coefficient (Wildman–Crippen LogP) is 5.83. The number of anilines is 2. The molecule has 4 heterocycles. The number of carbonyl (C=O) groups is 3. The van der Waals surface area contributed by atoms with Crippen LogP contribution in [0.4, 0.5) is 21.2 Å². The standard InChI is InChI=1S/C40H52N8O6/c1-8-32-31-23-35-42-34(47-17-16-29(25-47)41-38(50)54-40(3,4)5)24-36(48(35)43-31)44(6)18-19-46(39(51)53-26-28-12-10-9-11-13-28)20-21-52-33-15-14-27(2)22-30(33)37(49)45(32)7/h9-15,22-24,29,32H,8,16-21,25-26H2,1-7H3,(H,41,50)/t29-,32-/m0/s1. The molecular weight excluding hydrogens is 688 g/mol. The lowest BCUT2D eigenvalue weighted by molar-refractivity contribution is 0.0508. The predicted molar refractivity (Wildman–Crippen MR) is 206 cm³/mol. The summed E-state index contributed by atoms with van der Waals surface area (Å²) in [6, 6.07) is 18.6. The van der Waals surface area contributed by atoms with Crippen molar-refractivity contribution < 1.29 is 28.6 Å². The topological polar surface area (TPSA) is 134 Å². The lowest BCUT2D eigenvalue weighted by Crippen LogP contribution is -2.41. The maximum atomic E-state index is 14.2. The van der Waals surface area contributed by atoms with Gasteiger partial charge < -0.3 is 39.1 Å². The van der Waals surface area contributed by atoms with Gasteiger partial charge in [-0.2, -0.15) is 9.61 Å². The van der Waals surface area contributed by atoms with E-state index in [1.807, 2.05) is 101 Å². The van der Waals surface area contributed by atoms with Crippen molar-refractivity contribution in [2.24, 2.45) is 0 Å². The molecule has 2 bridgehead atoms. The van der Waals surface area contributed by atoms with Crippen molar-refractivity contribution in [2.75, 3.05) is 63.2 Å². The summed E-state index contributed by atoms with van der Waals surface area (Å²) in [4.78, 5) is 52.9. The third-order valence-electron chi connectivity index (χ3n) is 9.71. The van der Waals surface area contributed by atoms with E-state index in [1.54, 1.807) is 27.4 Å². The van der Waals surface area contributed by atoms with Crippen LogP contribution in [-0.4, -0.2) is 108 Å². The van der Waals surface area contributed by atoms with Crippen LogP contribution in [0.25, 0.3) is 5.65 Å². The molecule has 1 N–H and O–H groups in total. The van der Waals surface area contributed by atoms with Crippen LogP contribution >= 0.6 is 0 Å². The Bertz CT molecular complexity index is 1960. The highest BCUT2D eigenvalue weighted by molar-refractivity contribution is 5.97. The van der Waals surface area contributed by atoms with Crippen molar-refractivity contribution in [1.29, 1.82) is 0 Å². The first kappa shape index (κ1) is 38.2. The molecule has 0 unspecified atom stereocenters. The number of carbonyl (C=O) groups excluding carboxylic acids is 3. The van der Waals surface area contributed by atoms with Crippen molar-refractivity contribution in [3.8, 4) is 5.75 Å². The highest BCUT2D eigenvalue weighted by atomic mass is 16.6. The molecule has 2 aliphatic rings. The van der Waals surface area contributed by atoms with Crippen LogP contribution in [0.15, 0.2) is 60.7 Å². The fourth-order valence-corrected chi connectivity index (χ4v) is 6.83. The van der Waals surface area contributed by atoms with Crippen LogP contribution in [-0.2, 0) is 16.1 Å². The molecule has 0 spiro atoms. The van der Waals surface area contributed by atoms with Gasteiger partial charge in [0.05, 0.1) is 29.9 Å². The van der Waals surface area contributed by atoms with Gasteiger partial charge >= 0.3 is 12.2 Å². The smallest absolute Gasteiger partial charge is 0.410 e. The minimum atomic E-state index is -0.593. The molecule has 4 aromatic rings. The summed E-state index contributed by atoms with van der Waals surface area (Å²) in [7, 11) is 3.74. The zero-order chi connectivity index (χ0) is 38.6. The van der Waals surface area contributed by atoms with E-state index in [2.05, 4.69) is 10.2 Å². The van der Waals surface area contributed by atoms with E-state index >= 15 is 0 Å². The molecule has 0 radical (unpaired) electrons. The van der Waals surface area contributed by atoms with Crippen molar-refractivity contribution in [2.45, 2.75) is 71.8 Å². The van der Waals surface area contributed by atoms with Gasteiger partial charge in [-0.15, -0.1) is 0 Å². The summed E-state index contributed by atoms with van der Waals surface area (Å²) < 4.78 is 19.3. The maximum Gasteiger partial charge on any atom is 0.410 e. The third-order valence-corrected chi connectivity index (χ3v) is 9.71. The van der Waals surface area contributed by atoms with Crippen molar-refractivity contribution in [3.63, 3.8) is 0 Å². The summed E-state index contributed by atoms with van der Waals surface area (Å²) in [6.07, 6.45) is 0.443. The van der Waals surface area contributed by atoms with E-state index in [0.29, 0.717) is 55.3 Å². The number of fused-ring (bicyclic) bond motifs is 2. The van der Waals surface area contributed by atoms with Gasteiger partial charge in [-0.1, -0.05) is 48.9 Å². The Hall–Kier alpha value is -5.53. The zero-order valence-corrected chi connectivity index (χ0v) is 32.4. The monoisotopic (exact) mass is 740 g/mol. The fraction of sp³-hybridized carbons (Fsp3) is 0.475. The van der Waals surface area contributed by atoms with Gasteiger partial charge in [-0.25, -0.2) is 14.6 Å². The third kappa shape index (κ3) is 8.97. The minimum Gasteiger partial charge on any atom is -0.491 e. The Labute approximate surface area is 317 Å². The molecule has 14 heteroatoms. The molecule has 2 aliphatic heterocycles. The second kappa shape index (κ2) is 16.2. The first-order valence-electron chi connectivity index (χ1n) is 18.6. The Morgan fingerprint density at radius 2 is 1.78 bits per heavy atom. The van der Waals surface area contributed by atoms with Crippen molar-refractivity contribution >= 4 is 35.4 Å². The summed E-state index contributed by atoms with van der Waals surface area (Å²) in [5, 5.41) is 8.05. The number of alkyl carbamates (subject to hydrolysis) is 1. The number of ether oxygens (including phenoxy) is 3. The van der Waals surface area contributed by atoms with Gasteiger partial charge in [0.15, 0.2) is 5.65 Å². The summed E-state index contributed by atoms with van der Waals surface area (Å²) in [5.41, 5.74) is 2.98. The number of hydrogen-bond donors (Lipinski definition) is 1. The molecule has 1 saturated heterocycles. The number of hydrogen-bond acceptors (Lipinski definition) is 10. The number of aryl methyl sites for hydroxylation is 1. The number of nitrogens with one attached hydrogen (secondary N) is 1. The van der Waals surface area contributed by atoms with E-state index in [1.165, 1.54) is 0 Å². The number of nitrogens with zero attached hydrogens (tertiary/aromatic N) is 7. The van der Waals surface area contributed by atoms with Gasteiger partial charge in [-0.05, 0) is 58.2 Å². The average molecular weight is 741 g/mol. The second-order valence-electron chi connectivity index (χ2n) is 15.0. The Balaban J connectivity index is 1.34. The van der Waals surface area contributed by atoms with E-state index < -0.39 is 17.8 Å². The number of amides is 3. The van der Waals surface area contributed by atoms with Crippen molar-refractivity contribution in [3.05, 3.63) is 83.0 Å². The minimum absolute atomic E-state index is 0.109. The van der Waals surface area contributed by atoms with Gasteiger partial charge in [0, 0.05) is 52.4 Å². The summed E-state index contributed by atoms with van der Waals surface area (Å²) >= 11 is 0. The highest BCUT2D eigenvalue weighted by Crippen LogP contribution is 2.31. The quantitative estimate of drug-likeness (QED) is 0.266. The van der Waals surface area contributed by atoms with Crippen LogP contribution < -0.4 is 19.9 Å². The number of benzene rings is 2. The second-order valence-corrected chi connectivity index (χ2v) is 15.0. The van der Waals surface area contributed by atoms with E-state index in [4.69, 9.17) is 24.3 Å². The molecule has 6 rings (SSSR count). The van der Waals surface area contributed by atoms with Gasteiger partial charge in [0.2, 0.25) is 0 Å². The van der Waals surface area contributed by atoms with Crippen LogP contribution in [0.1, 0.15) is 73.8 Å². The van der Waals surface area contributed by atoms with Gasteiger partial charge in [0.1, 0.15) is 36.2 Å². The molecule has 14 nitrogen and oxygen atoms in total. The Morgan fingerprint density at radius 3 is 2.52 bits per heavy atom. The highest BCUT2D eigenvalue weighted by Gasteiger charge is 2.31. The molecule has 1 fully saturated rings. The normalized spacial score (nSPS) is 18.5. The summed E-state index contributed by atoms with van der Waals surface area (Å²) in [6.45, 7) is 12.0. The van der Waals surface area contributed by atoms with E-state index in [0.717, 1.165) is 29.2 Å². The lowest BCUT2D eigenvalue weighted by Gasteiger charge is -2.29. The summed E-state index contributed by atoms with van der Waals surface area (Å²) in [5.74, 6) is 1.74. The Kier molecular flexibility index (Phi) is 11.5. The molecule has 54 heavy (non-hydrogen) atoms. The molecule has 2 atom stereocenters. The van der Waals surface area contributed by atoms with E-state index in [9.17, 15) is 14.4 Å². The number of aromatic nitrogens is 3. The fourth-order valence-electron chi connectivity index (χ4n) is 6.83. The first-order valence-corrected chi connectivity index (χ1v) is 18.6. The van der Waals surface area contributed by atoms with Crippen LogP contribution in [0.5, 0.6) is 5.75 Å².